The van der Waals surface area contributed by atoms with Gasteiger partial charge in [-0.15, -0.1) is 0 Å². The van der Waals surface area contributed by atoms with E-state index in [4.69, 9.17) is 4.74 Å². The van der Waals surface area contributed by atoms with E-state index >= 15 is 0 Å². The standard InChI is InChI=1S/C17H24N4O3/c1-17(2,3)24-16(23)20-9-5-6-12(20)10-21-14(11-22)19-13-7-4-8-18-15(13)21/h4,7-8,12,22H,5-6,9-11H2,1-3H3/t12-/m0/s1. The van der Waals surface area contributed by atoms with Crippen molar-refractivity contribution in [3.8, 4) is 0 Å². The van der Waals surface area contributed by atoms with Crippen molar-refractivity contribution in [1.82, 2.24) is 19.4 Å². The molecule has 1 N–H and O–H groups in total. The molecule has 0 aromatic carbocycles. The number of likely N-dealkylation sites (tertiary alicyclic amines) is 1. The van der Waals surface area contributed by atoms with Gasteiger partial charge in [-0.3, -0.25) is 0 Å². The molecule has 0 bridgehead atoms. The molecule has 2 aromatic heterocycles. The van der Waals surface area contributed by atoms with E-state index in [1.165, 1.54) is 0 Å². The fourth-order valence-corrected chi connectivity index (χ4v) is 3.12. The molecule has 0 spiro atoms. The minimum atomic E-state index is -0.510. The highest BCUT2D eigenvalue weighted by Crippen LogP contribution is 2.24. The molecule has 1 fully saturated rings. The quantitative estimate of drug-likeness (QED) is 0.933. The second kappa shape index (κ2) is 6.39. The minimum absolute atomic E-state index is 0.0181. The van der Waals surface area contributed by atoms with Crippen LogP contribution < -0.4 is 0 Å². The van der Waals surface area contributed by atoms with Gasteiger partial charge in [0.25, 0.3) is 0 Å². The number of aliphatic hydroxyl groups excluding tert-OH is 1. The Bertz CT molecular complexity index is 735. The maximum atomic E-state index is 12.4. The van der Waals surface area contributed by atoms with E-state index < -0.39 is 5.60 Å². The van der Waals surface area contributed by atoms with Gasteiger partial charge in [0.15, 0.2) is 5.65 Å². The van der Waals surface area contributed by atoms with Crippen molar-refractivity contribution in [2.24, 2.45) is 0 Å². The summed E-state index contributed by atoms with van der Waals surface area (Å²) in [6.45, 7) is 6.69. The van der Waals surface area contributed by atoms with Gasteiger partial charge in [-0.25, -0.2) is 14.8 Å². The van der Waals surface area contributed by atoms with Crippen molar-refractivity contribution < 1.29 is 14.6 Å². The molecule has 7 heteroatoms. The van der Waals surface area contributed by atoms with Gasteiger partial charge in [-0.05, 0) is 45.7 Å². The summed E-state index contributed by atoms with van der Waals surface area (Å²) < 4.78 is 7.42. The fraction of sp³-hybridized carbons (Fsp3) is 0.588. The van der Waals surface area contributed by atoms with Gasteiger partial charge < -0.3 is 19.3 Å². The van der Waals surface area contributed by atoms with Crippen molar-refractivity contribution in [1.29, 1.82) is 0 Å². The summed E-state index contributed by atoms with van der Waals surface area (Å²) in [4.78, 5) is 23.0. The average Bonchev–Trinajstić information content (AvgIpc) is 3.11. The van der Waals surface area contributed by atoms with Crippen LogP contribution >= 0.6 is 0 Å². The van der Waals surface area contributed by atoms with Gasteiger partial charge in [-0.2, -0.15) is 0 Å². The summed E-state index contributed by atoms with van der Waals surface area (Å²) in [5.41, 5.74) is 0.977. The number of imidazole rings is 1. The Morgan fingerprint density at radius 1 is 1.46 bits per heavy atom. The van der Waals surface area contributed by atoms with E-state index in [0.717, 1.165) is 24.0 Å². The maximum absolute atomic E-state index is 12.4. The molecule has 1 aliphatic heterocycles. The first kappa shape index (κ1) is 16.7. The molecule has 1 amide bonds. The average molecular weight is 332 g/mol. The van der Waals surface area contributed by atoms with Gasteiger partial charge in [0, 0.05) is 19.3 Å². The molecule has 24 heavy (non-hydrogen) atoms. The van der Waals surface area contributed by atoms with Crippen molar-refractivity contribution in [2.45, 2.75) is 58.4 Å². The third-order valence-corrected chi connectivity index (χ3v) is 4.12. The lowest BCUT2D eigenvalue weighted by Crippen LogP contribution is -2.41. The molecule has 0 saturated carbocycles. The number of aliphatic hydroxyl groups is 1. The first-order chi connectivity index (χ1) is 11.4. The zero-order valence-electron chi connectivity index (χ0n) is 14.4. The van der Waals surface area contributed by atoms with Gasteiger partial charge >= 0.3 is 6.09 Å². The van der Waals surface area contributed by atoms with Gasteiger partial charge in [-0.1, -0.05) is 0 Å². The Morgan fingerprint density at radius 3 is 2.96 bits per heavy atom. The fourth-order valence-electron chi connectivity index (χ4n) is 3.12. The van der Waals surface area contributed by atoms with E-state index in [-0.39, 0.29) is 18.7 Å². The Kier molecular flexibility index (Phi) is 4.45. The molecular weight excluding hydrogens is 308 g/mol. The van der Waals surface area contributed by atoms with E-state index in [0.29, 0.717) is 18.9 Å². The van der Waals surface area contributed by atoms with Crippen LogP contribution in [0.3, 0.4) is 0 Å². The zero-order valence-corrected chi connectivity index (χ0v) is 14.4. The molecule has 1 atom stereocenters. The van der Waals surface area contributed by atoms with Crippen LogP contribution in [0.5, 0.6) is 0 Å². The summed E-state index contributed by atoms with van der Waals surface area (Å²) in [7, 11) is 0. The molecule has 1 aliphatic rings. The molecule has 0 unspecified atom stereocenters. The molecule has 7 nitrogen and oxygen atoms in total. The van der Waals surface area contributed by atoms with Crippen LogP contribution in [-0.2, 0) is 17.9 Å². The molecule has 3 rings (SSSR count). The van der Waals surface area contributed by atoms with Crippen molar-refractivity contribution >= 4 is 17.3 Å². The third-order valence-electron chi connectivity index (χ3n) is 4.12. The Balaban J connectivity index is 1.84. The van der Waals surface area contributed by atoms with Crippen LogP contribution in [0.4, 0.5) is 4.79 Å². The number of rotatable bonds is 3. The van der Waals surface area contributed by atoms with Crippen molar-refractivity contribution in [3.05, 3.63) is 24.2 Å². The lowest BCUT2D eigenvalue weighted by atomic mass is 10.2. The maximum Gasteiger partial charge on any atom is 0.410 e. The Morgan fingerprint density at radius 2 is 2.25 bits per heavy atom. The zero-order chi connectivity index (χ0) is 17.3. The van der Waals surface area contributed by atoms with Crippen LogP contribution in [0.1, 0.15) is 39.4 Å². The van der Waals surface area contributed by atoms with Crippen LogP contribution in [0.25, 0.3) is 11.2 Å². The van der Waals surface area contributed by atoms with Crippen LogP contribution in [0.2, 0.25) is 0 Å². The van der Waals surface area contributed by atoms with Crippen molar-refractivity contribution in [3.63, 3.8) is 0 Å². The highest BCUT2D eigenvalue weighted by atomic mass is 16.6. The monoisotopic (exact) mass is 332 g/mol. The van der Waals surface area contributed by atoms with Crippen LogP contribution in [0.15, 0.2) is 18.3 Å². The molecule has 1 saturated heterocycles. The number of carbonyl (C=O) groups excluding carboxylic acids is 1. The molecule has 2 aromatic rings. The largest absolute Gasteiger partial charge is 0.444 e. The summed E-state index contributed by atoms with van der Waals surface area (Å²) in [6, 6.07) is 3.71. The molecular formula is C17H24N4O3. The number of carbonyl (C=O) groups is 1. The first-order valence-corrected chi connectivity index (χ1v) is 8.29. The smallest absolute Gasteiger partial charge is 0.410 e. The number of amides is 1. The minimum Gasteiger partial charge on any atom is -0.444 e. The molecule has 3 heterocycles. The normalized spacial score (nSPS) is 18.3. The van der Waals surface area contributed by atoms with E-state index in [2.05, 4.69) is 9.97 Å². The summed E-state index contributed by atoms with van der Waals surface area (Å²) in [6.07, 6.45) is 3.27. The molecule has 0 radical (unpaired) electrons. The highest BCUT2D eigenvalue weighted by molar-refractivity contribution is 5.71. The third kappa shape index (κ3) is 3.36. The number of nitrogens with zero attached hydrogens (tertiary/aromatic N) is 4. The van der Waals surface area contributed by atoms with Crippen LogP contribution in [-0.4, -0.2) is 48.8 Å². The summed E-state index contributed by atoms with van der Waals surface area (Å²) in [5, 5.41) is 9.60. The highest BCUT2D eigenvalue weighted by Gasteiger charge is 2.33. The second-order valence-corrected chi connectivity index (χ2v) is 7.11. The number of hydrogen-bond acceptors (Lipinski definition) is 5. The van der Waals surface area contributed by atoms with Gasteiger partial charge in [0.1, 0.15) is 23.5 Å². The number of ether oxygens (including phenoxy) is 1. The number of pyridine rings is 1. The lowest BCUT2D eigenvalue weighted by Gasteiger charge is -2.29. The van der Waals surface area contributed by atoms with Gasteiger partial charge in [0.05, 0.1) is 6.04 Å². The number of aromatic nitrogens is 3. The number of hydrogen-bond donors (Lipinski definition) is 1. The van der Waals surface area contributed by atoms with Gasteiger partial charge in [0.2, 0.25) is 0 Å². The van der Waals surface area contributed by atoms with Crippen molar-refractivity contribution in [2.75, 3.05) is 6.54 Å². The SMILES string of the molecule is CC(C)(C)OC(=O)N1CCC[C@H]1Cn1c(CO)nc2cccnc21. The van der Waals surface area contributed by atoms with E-state index in [9.17, 15) is 9.90 Å². The topological polar surface area (TPSA) is 80.5 Å². The predicted molar refractivity (Wildman–Crippen MR) is 89.4 cm³/mol. The molecule has 130 valence electrons. The lowest BCUT2D eigenvalue weighted by molar-refractivity contribution is 0.0213. The Hall–Kier alpha value is -2.15. The molecule has 0 aliphatic carbocycles. The number of fused-ring (bicyclic) bond motifs is 1. The van der Waals surface area contributed by atoms with Crippen LogP contribution in [0, 0.1) is 0 Å². The van der Waals surface area contributed by atoms with E-state index in [1.54, 1.807) is 11.1 Å². The summed E-state index contributed by atoms with van der Waals surface area (Å²) >= 11 is 0. The first-order valence-electron chi connectivity index (χ1n) is 8.29. The van der Waals surface area contributed by atoms with E-state index in [1.807, 2.05) is 37.5 Å². The predicted octanol–water partition coefficient (Wildman–Crippen LogP) is 2.32. The second-order valence-electron chi connectivity index (χ2n) is 7.11. The summed E-state index contributed by atoms with van der Waals surface area (Å²) in [5.74, 6) is 0.569. The Labute approximate surface area is 141 Å².